The summed E-state index contributed by atoms with van der Waals surface area (Å²) in [5, 5.41) is 47.8. The quantitative estimate of drug-likeness (QED) is 0.209. The number of nitrogens with zero attached hydrogens (tertiary/aromatic N) is 2. The minimum absolute atomic E-state index is 0.0135. The molecule has 1 saturated heterocycles. The van der Waals surface area contributed by atoms with Gasteiger partial charge in [-0.2, -0.15) is 0 Å². The Kier molecular flexibility index (Phi) is 7.21. The third-order valence-electron chi connectivity index (χ3n) is 9.18. The van der Waals surface area contributed by atoms with Gasteiger partial charge in [-0.1, -0.05) is 19.4 Å². The standard InChI is InChI=1S/C29H36N4O8/c1-4-13-7-8-33(11-13)12-18(34)31-17-6-5-14-9-15-10-16-22(32(2)3)25(37)21(28(30)40)27(39)29(16,41)26(38)20(15)24(36)19(14)23(17)35/h5-6,13,15-16,22,35-36,39,41H,4,7-12H2,1-3H3,(H2,30,40)(H,31,34)/t13?,15?,16?,22-,29-/m0/s1. The van der Waals surface area contributed by atoms with E-state index in [1.54, 1.807) is 20.2 Å². The lowest BCUT2D eigenvalue weighted by Gasteiger charge is -2.50. The molecule has 0 radical (unpaired) electrons. The minimum atomic E-state index is -2.70. The molecular weight excluding hydrogens is 532 g/mol. The van der Waals surface area contributed by atoms with Crippen LogP contribution in [0.3, 0.4) is 0 Å². The van der Waals surface area contributed by atoms with Crippen molar-refractivity contribution in [2.75, 3.05) is 39.0 Å². The van der Waals surface area contributed by atoms with E-state index >= 15 is 0 Å². The number of likely N-dealkylation sites (N-methyl/N-ethyl adjacent to an activating group) is 1. The number of likely N-dealkylation sites (tertiary alicyclic amines) is 1. The summed E-state index contributed by atoms with van der Waals surface area (Å²) in [5.41, 5.74) is 2.06. The van der Waals surface area contributed by atoms with Crippen LogP contribution in [0.25, 0.3) is 5.76 Å². The number of hydrogen-bond acceptors (Lipinski definition) is 10. The van der Waals surface area contributed by atoms with Gasteiger partial charge in [-0.15, -0.1) is 0 Å². The number of fused-ring (bicyclic) bond motifs is 3. The molecule has 1 aromatic rings. The molecule has 1 saturated carbocycles. The number of primary amides is 1. The molecule has 2 amide bonds. The molecule has 41 heavy (non-hydrogen) atoms. The van der Waals surface area contributed by atoms with Gasteiger partial charge >= 0.3 is 0 Å². The Morgan fingerprint density at radius 3 is 2.51 bits per heavy atom. The summed E-state index contributed by atoms with van der Waals surface area (Å²) in [7, 11) is 3.10. The number of rotatable bonds is 6. The van der Waals surface area contributed by atoms with Crippen molar-refractivity contribution >= 4 is 34.8 Å². The molecule has 5 rings (SSSR count). The summed E-state index contributed by atoms with van der Waals surface area (Å²) in [6.07, 6.45) is 2.26. The molecule has 5 atom stereocenters. The Morgan fingerprint density at radius 2 is 1.90 bits per heavy atom. The molecule has 0 aromatic heterocycles. The van der Waals surface area contributed by atoms with Crippen molar-refractivity contribution in [1.29, 1.82) is 0 Å². The first-order valence-electron chi connectivity index (χ1n) is 13.8. The van der Waals surface area contributed by atoms with Gasteiger partial charge in [0, 0.05) is 18.0 Å². The number of Topliss-reactive ketones (excluding diaryl/α,β-unsaturated/α-hetero) is 2. The molecule has 1 aliphatic heterocycles. The molecular formula is C29H36N4O8. The van der Waals surface area contributed by atoms with E-state index in [2.05, 4.69) is 12.2 Å². The first kappa shape index (κ1) is 28.8. The smallest absolute Gasteiger partial charge is 0.255 e. The van der Waals surface area contributed by atoms with E-state index in [1.807, 2.05) is 4.90 Å². The number of ketones is 2. The molecule has 2 fully saturated rings. The number of aromatic hydroxyl groups is 1. The Morgan fingerprint density at radius 1 is 1.20 bits per heavy atom. The number of hydrogen-bond donors (Lipinski definition) is 6. The number of anilines is 1. The number of nitrogens with two attached hydrogens (primary N) is 1. The van der Waals surface area contributed by atoms with Crippen molar-refractivity contribution < 1.29 is 39.6 Å². The van der Waals surface area contributed by atoms with E-state index in [0.717, 1.165) is 25.9 Å². The van der Waals surface area contributed by atoms with Crippen LogP contribution in [-0.4, -0.2) is 99.0 Å². The fraction of sp³-hybridized carbons (Fsp3) is 0.517. The first-order valence-corrected chi connectivity index (χ1v) is 13.8. The molecule has 12 nitrogen and oxygen atoms in total. The summed E-state index contributed by atoms with van der Waals surface area (Å²) in [5.74, 6) is -6.90. The lowest BCUT2D eigenvalue weighted by atomic mass is 9.57. The molecule has 0 spiro atoms. The highest BCUT2D eigenvalue weighted by Crippen LogP contribution is 2.53. The second-order valence-electron chi connectivity index (χ2n) is 11.8. The number of aliphatic hydroxyl groups is 3. The Hall–Kier alpha value is -3.74. The van der Waals surface area contributed by atoms with Gasteiger partial charge in [0.25, 0.3) is 5.91 Å². The SMILES string of the molecule is CCC1CCN(CC(=O)Nc2ccc3c(c2O)C(O)=C2C(=O)[C@]4(O)C(O)=C(C(N)=O)C(=O)[C@@H](N(C)C)C4CC2C3)C1. The van der Waals surface area contributed by atoms with Gasteiger partial charge in [0.2, 0.25) is 11.7 Å². The maximum atomic E-state index is 13.9. The normalized spacial score (nSPS) is 29.9. The third-order valence-corrected chi connectivity index (χ3v) is 9.18. The Balaban J connectivity index is 1.51. The van der Waals surface area contributed by atoms with Crippen LogP contribution >= 0.6 is 0 Å². The first-order chi connectivity index (χ1) is 19.3. The molecule has 12 heteroatoms. The molecule has 220 valence electrons. The maximum Gasteiger partial charge on any atom is 0.255 e. The van der Waals surface area contributed by atoms with Crippen molar-refractivity contribution in [3.8, 4) is 5.75 Å². The predicted molar refractivity (Wildman–Crippen MR) is 148 cm³/mol. The molecule has 1 aromatic carbocycles. The maximum absolute atomic E-state index is 13.9. The average Bonchev–Trinajstić information content (AvgIpc) is 3.34. The molecule has 0 bridgehead atoms. The number of phenolic OH excluding ortho intramolecular Hbond substituents is 1. The van der Waals surface area contributed by atoms with Crippen molar-refractivity contribution in [3.05, 3.63) is 40.2 Å². The second kappa shape index (κ2) is 10.3. The molecule has 7 N–H and O–H groups in total. The highest BCUT2D eigenvalue weighted by molar-refractivity contribution is 6.24. The van der Waals surface area contributed by atoms with Crippen LogP contribution in [0.2, 0.25) is 0 Å². The van der Waals surface area contributed by atoms with Gasteiger partial charge in [0.1, 0.15) is 22.8 Å². The van der Waals surface area contributed by atoms with Crippen molar-refractivity contribution in [2.45, 2.75) is 44.2 Å². The van der Waals surface area contributed by atoms with Crippen LogP contribution < -0.4 is 11.1 Å². The summed E-state index contributed by atoms with van der Waals surface area (Å²) in [6, 6.07) is 2.04. The number of aliphatic hydroxyl groups excluding tert-OH is 2. The van der Waals surface area contributed by atoms with Crippen LogP contribution in [-0.2, 0) is 25.6 Å². The summed E-state index contributed by atoms with van der Waals surface area (Å²) >= 11 is 0. The van der Waals surface area contributed by atoms with E-state index in [0.29, 0.717) is 11.5 Å². The zero-order valence-corrected chi connectivity index (χ0v) is 23.3. The summed E-state index contributed by atoms with van der Waals surface area (Å²) in [4.78, 5) is 55.4. The van der Waals surface area contributed by atoms with Crippen molar-refractivity contribution in [1.82, 2.24) is 9.80 Å². The summed E-state index contributed by atoms with van der Waals surface area (Å²) in [6.45, 7) is 3.89. The van der Waals surface area contributed by atoms with Crippen LogP contribution in [0.1, 0.15) is 37.3 Å². The van der Waals surface area contributed by atoms with Crippen LogP contribution in [0.5, 0.6) is 5.75 Å². The van der Waals surface area contributed by atoms with E-state index in [-0.39, 0.29) is 42.1 Å². The van der Waals surface area contributed by atoms with E-state index in [9.17, 15) is 39.6 Å². The van der Waals surface area contributed by atoms with E-state index in [1.165, 1.54) is 11.0 Å². The summed E-state index contributed by atoms with van der Waals surface area (Å²) < 4.78 is 0. The largest absolute Gasteiger partial charge is 0.508 e. The number of phenols is 1. The molecule has 3 aliphatic carbocycles. The molecule has 1 heterocycles. The van der Waals surface area contributed by atoms with Gasteiger partial charge in [0.15, 0.2) is 11.4 Å². The lowest BCUT2D eigenvalue weighted by molar-refractivity contribution is -0.153. The van der Waals surface area contributed by atoms with Gasteiger partial charge < -0.3 is 31.5 Å². The fourth-order valence-electron chi connectivity index (χ4n) is 7.10. The van der Waals surface area contributed by atoms with Gasteiger partial charge in [-0.25, -0.2) is 0 Å². The van der Waals surface area contributed by atoms with Crippen LogP contribution in [0.4, 0.5) is 5.69 Å². The Bertz CT molecular complexity index is 1420. The zero-order chi connectivity index (χ0) is 30.0. The van der Waals surface area contributed by atoms with Crippen molar-refractivity contribution in [3.63, 3.8) is 0 Å². The van der Waals surface area contributed by atoms with Crippen molar-refractivity contribution in [2.24, 2.45) is 23.5 Å². The zero-order valence-electron chi connectivity index (χ0n) is 23.3. The molecule has 3 unspecified atom stereocenters. The van der Waals surface area contributed by atoms with E-state index in [4.69, 9.17) is 5.73 Å². The third kappa shape index (κ3) is 4.41. The van der Waals surface area contributed by atoms with E-state index < -0.39 is 63.8 Å². The number of nitrogens with one attached hydrogen (secondary N) is 1. The van der Waals surface area contributed by atoms with Crippen LogP contribution in [0.15, 0.2) is 29.0 Å². The predicted octanol–water partition coefficient (Wildman–Crippen LogP) is 0.634. The van der Waals surface area contributed by atoms with Gasteiger partial charge in [-0.3, -0.25) is 29.0 Å². The average molecular weight is 569 g/mol. The number of carbonyl (C=O) groups excluding carboxylic acids is 4. The highest BCUT2D eigenvalue weighted by Gasteiger charge is 2.64. The second-order valence-corrected chi connectivity index (χ2v) is 11.8. The number of carbonyl (C=O) groups is 4. The molecule has 4 aliphatic rings. The number of amides is 2. The van der Waals surface area contributed by atoms with Gasteiger partial charge in [-0.05, 0) is 63.4 Å². The van der Waals surface area contributed by atoms with Crippen LogP contribution in [0, 0.1) is 17.8 Å². The number of benzene rings is 1. The topological polar surface area (TPSA) is 194 Å². The lowest BCUT2D eigenvalue weighted by Crippen LogP contribution is -2.65. The highest BCUT2D eigenvalue weighted by atomic mass is 16.3. The monoisotopic (exact) mass is 568 g/mol. The van der Waals surface area contributed by atoms with Gasteiger partial charge in [0.05, 0.1) is 23.8 Å². The fourth-order valence-corrected chi connectivity index (χ4v) is 7.10. The Labute approximate surface area is 237 Å². The minimum Gasteiger partial charge on any atom is -0.508 e.